The van der Waals surface area contributed by atoms with Crippen molar-refractivity contribution in [2.24, 2.45) is 0 Å². The van der Waals surface area contributed by atoms with Gasteiger partial charge in [0.25, 0.3) is 0 Å². The molecule has 4 heteroatoms. The van der Waals surface area contributed by atoms with E-state index in [1.54, 1.807) is 32.9 Å². The van der Waals surface area contributed by atoms with Gasteiger partial charge in [-0.15, -0.1) is 0 Å². The number of carbonyl (C=O) groups is 1. The molecule has 4 nitrogen and oxygen atoms in total. The molecule has 0 bridgehead atoms. The van der Waals surface area contributed by atoms with Gasteiger partial charge >= 0.3 is 6.09 Å². The number of aryl methyl sites for hydroxylation is 2. The van der Waals surface area contributed by atoms with Gasteiger partial charge in [-0.25, -0.2) is 4.79 Å². The number of benzene rings is 1. The fourth-order valence-electron chi connectivity index (χ4n) is 1.72. The summed E-state index contributed by atoms with van der Waals surface area (Å²) in [5.41, 5.74) is 1.61. The minimum atomic E-state index is -1.07. The highest BCUT2D eigenvalue weighted by atomic mass is 16.4. The van der Waals surface area contributed by atoms with Gasteiger partial charge in [-0.2, -0.15) is 0 Å². The lowest BCUT2D eigenvalue weighted by atomic mass is 10.0. The second-order valence-electron chi connectivity index (χ2n) is 5.21. The van der Waals surface area contributed by atoms with E-state index in [-0.39, 0.29) is 5.75 Å². The van der Waals surface area contributed by atoms with Crippen molar-refractivity contribution < 1.29 is 15.0 Å². The lowest BCUT2D eigenvalue weighted by Crippen LogP contribution is -2.45. The van der Waals surface area contributed by atoms with E-state index in [9.17, 15) is 15.0 Å². The summed E-state index contributed by atoms with van der Waals surface area (Å²) in [5, 5.41) is 19.2. The number of hydrogen-bond donors (Lipinski definition) is 2. The molecule has 1 amide bonds. The van der Waals surface area contributed by atoms with Crippen LogP contribution in [0.3, 0.4) is 0 Å². The van der Waals surface area contributed by atoms with Gasteiger partial charge < -0.3 is 10.2 Å². The Labute approximate surface area is 101 Å². The third kappa shape index (κ3) is 2.70. The van der Waals surface area contributed by atoms with Gasteiger partial charge in [0.1, 0.15) is 5.75 Å². The minimum absolute atomic E-state index is 0.00887. The van der Waals surface area contributed by atoms with E-state index in [0.29, 0.717) is 5.69 Å². The van der Waals surface area contributed by atoms with Gasteiger partial charge in [0.2, 0.25) is 0 Å². The van der Waals surface area contributed by atoms with E-state index in [1.165, 1.54) is 4.90 Å². The molecule has 0 aliphatic carbocycles. The summed E-state index contributed by atoms with van der Waals surface area (Å²) >= 11 is 0. The Morgan fingerprint density at radius 1 is 1.18 bits per heavy atom. The fourth-order valence-corrected chi connectivity index (χ4v) is 1.72. The maximum atomic E-state index is 11.3. The normalized spacial score (nSPS) is 11.4. The van der Waals surface area contributed by atoms with Crippen LogP contribution in [-0.2, 0) is 0 Å². The van der Waals surface area contributed by atoms with Crippen LogP contribution in [0.1, 0.15) is 31.9 Å². The first-order valence-corrected chi connectivity index (χ1v) is 5.48. The van der Waals surface area contributed by atoms with E-state index in [4.69, 9.17) is 0 Å². The van der Waals surface area contributed by atoms with Gasteiger partial charge in [-0.1, -0.05) is 0 Å². The highest BCUT2D eigenvalue weighted by Crippen LogP contribution is 2.34. The maximum Gasteiger partial charge on any atom is 0.412 e. The highest BCUT2D eigenvalue weighted by molar-refractivity contribution is 5.89. The van der Waals surface area contributed by atoms with Crippen LogP contribution in [0.2, 0.25) is 0 Å². The second kappa shape index (κ2) is 4.28. The summed E-state index contributed by atoms with van der Waals surface area (Å²) in [6.45, 7) is 9.13. The molecule has 0 aromatic heterocycles. The molecule has 1 aromatic rings. The Kier molecular flexibility index (Phi) is 3.36. The summed E-state index contributed by atoms with van der Waals surface area (Å²) in [6, 6.07) is 3.29. The predicted molar refractivity (Wildman–Crippen MR) is 67.8 cm³/mol. The van der Waals surface area contributed by atoms with Gasteiger partial charge in [0.15, 0.2) is 0 Å². The summed E-state index contributed by atoms with van der Waals surface area (Å²) in [7, 11) is 0. The topological polar surface area (TPSA) is 60.8 Å². The molecule has 2 N–H and O–H groups in total. The molecular weight excluding hydrogens is 218 g/mol. The number of nitrogens with zero attached hydrogens (tertiary/aromatic N) is 1. The van der Waals surface area contributed by atoms with E-state index < -0.39 is 11.6 Å². The van der Waals surface area contributed by atoms with Gasteiger partial charge in [0, 0.05) is 5.54 Å². The Balaban J connectivity index is 3.39. The zero-order chi connectivity index (χ0) is 13.4. The highest BCUT2D eigenvalue weighted by Gasteiger charge is 2.30. The molecule has 0 radical (unpaired) electrons. The van der Waals surface area contributed by atoms with Crippen molar-refractivity contribution >= 4 is 11.8 Å². The Morgan fingerprint density at radius 3 is 2.06 bits per heavy atom. The van der Waals surface area contributed by atoms with E-state index >= 15 is 0 Å². The molecule has 0 unspecified atom stereocenters. The smallest absolute Gasteiger partial charge is 0.412 e. The number of rotatable bonds is 1. The fraction of sp³-hybridized carbons (Fsp3) is 0.462. The Hall–Kier alpha value is -1.71. The number of aromatic hydroxyl groups is 1. The predicted octanol–water partition coefficient (Wildman–Crippen LogP) is 3.29. The molecule has 0 spiro atoms. The lowest BCUT2D eigenvalue weighted by molar-refractivity contribution is 0.195. The van der Waals surface area contributed by atoms with Gasteiger partial charge in [0.05, 0.1) is 5.69 Å². The van der Waals surface area contributed by atoms with Crippen molar-refractivity contribution in [3.63, 3.8) is 0 Å². The molecular formula is C13H19NO3. The molecule has 1 aromatic carbocycles. The lowest BCUT2D eigenvalue weighted by Gasteiger charge is -2.33. The summed E-state index contributed by atoms with van der Waals surface area (Å²) < 4.78 is 0. The average molecular weight is 237 g/mol. The van der Waals surface area contributed by atoms with Crippen molar-refractivity contribution in [2.75, 3.05) is 4.90 Å². The van der Waals surface area contributed by atoms with Crippen molar-refractivity contribution in [3.05, 3.63) is 23.3 Å². The molecule has 0 saturated carbocycles. The zero-order valence-corrected chi connectivity index (χ0v) is 10.9. The SMILES string of the molecule is Cc1cc(O)c(N(C(=O)O)C(C)(C)C)cc1C. The van der Waals surface area contributed by atoms with Crippen molar-refractivity contribution in [2.45, 2.75) is 40.2 Å². The quantitative estimate of drug-likeness (QED) is 0.787. The van der Waals surface area contributed by atoms with Crippen LogP contribution in [0.4, 0.5) is 10.5 Å². The molecule has 0 aliphatic heterocycles. The standard InChI is InChI=1S/C13H19NO3/c1-8-6-10(11(15)7-9(8)2)14(12(16)17)13(3,4)5/h6-7,15H,1-5H3,(H,16,17). The molecule has 0 aliphatic rings. The van der Waals surface area contributed by atoms with Gasteiger partial charge in [-0.05, 0) is 57.9 Å². The van der Waals surface area contributed by atoms with E-state index in [2.05, 4.69) is 0 Å². The van der Waals surface area contributed by atoms with Crippen molar-refractivity contribution in [1.29, 1.82) is 0 Å². The number of phenolic OH excluding ortho intramolecular Hbond substituents is 1. The monoisotopic (exact) mass is 237 g/mol. The van der Waals surface area contributed by atoms with Gasteiger partial charge in [-0.3, -0.25) is 4.90 Å². The van der Waals surface area contributed by atoms with Crippen LogP contribution < -0.4 is 4.90 Å². The number of amides is 1. The molecule has 17 heavy (non-hydrogen) atoms. The third-order valence-corrected chi connectivity index (χ3v) is 2.69. The van der Waals surface area contributed by atoms with Crippen molar-refractivity contribution in [1.82, 2.24) is 0 Å². The summed E-state index contributed by atoms with van der Waals surface area (Å²) in [5.74, 6) is -0.00887. The number of carboxylic acid groups (broad SMARTS) is 1. The van der Waals surface area contributed by atoms with Crippen molar-refractivity contribution in [3.8, 4) is 5.75 Å². The molecule has 1 rings (SSSR count). The molecule has 0 saturated heterocycles. The van der Waals surface area contributed by atoms with Crippen LogP contribution in [0.5, 0.6) is 5.75 Å². The minimum Gasteiger partial charge on any atom is -0.506 e. The van der Waals surface area contributed by atoms with E-state index in [1.807, 2.05) is 13.8 Å². The Bertz CT molecular complexity index is 447. The van der Waals surface area contributed by atoms with Crippen LogP contribution in [0.15, 0.2) is 12.1 Å². The molecule has 0 heterocycles. The first kappa shape index (κ1) is 13.4. The average Bonchev–Trinajstić information content (AvgIpc) is 2.11. The van der Waals surface area contributed by atoms with E-state index in [0.717, 1.165) is 11.1 Å². The number of phenols is 1. The zero-order valence-electron chi connectivity index (χ0n) is 10.9. The summed E-state index contributed by atoms with van der Waals surface area (Å²) in [4.78, 5) is 12.5. The first-order chi connectivity index (χ1) is 7.64. The number of anilines is 1. The first-order valence-electron chi connectivity index (χ1n) is 5.48. The number of hydrogen-bond acceptors (Lipinski definition) is 2. The molecule has 94 valence electrons. The summed E-state index contributed by atoms with van der Waals surface area (Å²) in [6.07, 6.45) is -1.07. The largest absolute Gasteiger partial charge is 0.506 e. The Morgan fingerprint density at radius 2 is 1.65 bits per heavy atom. The van der Waals surface area contributed by atoms with Crippen LogP contribution >= 0.6 is 0 Å². The maximum absolute atomic E-state index is 11.3. The van der Waals surface area contributed by atoms with Crippen LogP contribution in [-0.4, -0.2) is 21.8 Å². The third-order valence-electron chi connectivity index (χ3n) is 2.69. The van der Waals surface area contributed by atoms with Crippen LogP contribution in [0, 0.1) is 13.8 Å². The molecule has 0 atom stereocenters. The molecule has 0 fully saturated rings. The van der Waals surface area contributed by atoms with Crippen LogP contribution in [0.25, 0.3) is 0 Å². The second-order valence-corrected chi connectivity index (χ2v) is 5.21.